The summed E-state index contributed by atoms with van der Waals surface area (Å²) in [5, 5.41) is 6.12. The second-order valence-corrected chi connectivity index (χ2v) is 6.27. The van der Waals surface area contributed by atoms with Gasteiger partial charge in [0, 0.05) is 5.92 Å². The molecule has 1 fully saturated rings. The standard InChI is InChI=1S/C18H17ClN2O3/c19-11-16(22)21-18(15-7-3-9-24-15)14-6-1-4-12(17(14)20-21)10-13-5-2-8-23-13/h2-3,5,7-10,14,18H,1,4,6,11H2/b12-10+/t14-,18-/m1/s1. The number of hydrogen-bond donors (Lipinski definition) is 0. The van der Waals surface area contributed by atoms with E-state index in [0.717, 1.165) is 42.1 Å². The van der Waals surface area contributed by atoms with Crippen molar-refractivity contribution in [2.75, 3.05) is 5.88 Å². The Kier molecular flexibility index (Phi) is 4.02. The van der Waals surface area contributed by atoms with Crippen LogP contribution in [0.4, 0.5) is 0 Å². The van der Waals surface area contributed by atoms with Gasteiger partial charge in [-0.1, -0.05) is 0 Å². The molecule has 24 heavy (non-hydrogen) atoms. The van der Waals surface area contributed by atoms with Gasteiger partial charge in [-0.25, -0.2) is 5.01 Å². The molecule has 0 radical (unpaired) electrons. The fourth-order valence-corrected chi connectivity index (χ4v) is 3.67. The maximum atomic E-state index is 12.3. The average Bonchev–Trinajstić information content (AvgIpc) is 3.33. The van der Waals surface area contributed by atoms with Gasteiger partial charge in [0.2, 0.25) is 0 Å². The van der Waals surface area contributed by atoms with E-state index < -0.39 is 0 Å². The summed E-state index contributed by atoms with van der Waals surface area (Å²) >= 11 is 5.79. The Morgan fingerprint density at radius 3 is 2.88 bits per heavy atom. The lowest BCUT2D eigenvalue weighted by molar-refractivity contribution is -0.131. The number of hydrogen-bond acceptors (Lipinski definition) is 4. The Morgan fingerprint density at radius 2 is 2.17 bits per heavy atom. The summed E-state index contributed by atoms with van der Waals surface area (Å²) in [4.78, 5) is 12.3. The first-order chi connectivity index (χ1) is 11.8. The summed E-state index contributed by atoms with van der Waals surface area (Å²) in [6.07, 6.45) is 8.21. The molecule has 2 aliphatic rings. The van der Waals surface area contributed by atoms with E-state index in [-0.39, 0.29) is 23.7 Å². The molecule has 0 bridgehead atoms. The second kappa shape index (κ2) is 6.32. The van der Waals surface area contributed by atoms with Crippen molar-refractivity contribution in [1.29, 1.82) is 0 Å². The van der Waals surface area contributed by atoms with Gasteiger partial charge >= 0.3 is 0 Å². The molecule has 0 unspecified atom stereocenters. The molecule has 0 spiro atoms. The number of nitrogens with zero attached hydrogens (tertiary/aromatic N) is 2. The van der Waals surface area contributed by atoms with Crippen molar-refractivity contribution < 1.29 is 13.6 Å². The minimum atomic E-state index is -0.221. The van der Waals surface area contributed by atoms with Crippen molar-refractivity contribution in [2.24, 2.45) is 11.0 Å². The fourth-order valence-electron chi connectivity index (χ4n) is 3.55. The Bertz CT molecular complexity index is 777. The molecule has 1 aliphatic carbocycles. The average molecular weight is 345 g/mol. The number of carbonyl (C=O) groups is 1. The first-order valence-corrected chi connectivity index (χ1v) is 8.56. The Balaban J connectivity index is 1.74. The number of rotatable bonds is 3. The molecule has 1 saturated carbocycles. The third kappa shape index (κ3) is 2.59. The predicted molar refractivity (Wildman–Crippen MR) is 90.5 cm³/mol. The van der Waals surface area contributed by atoms with Crippen molar-refractivity contribution in [3.8, 4) is 0 Å². The van der Waals surface area contributed by atoms with E-state index in [1.54, 1.807) is 12.5 Å². The molecule has 0 N–H and O–H groups in total. The molecule has 124 valence electrons. The van der Waals surface area contributed by atoms with E-state index in [4.69, 9.17) is 20.4 Å². The van der Waals surface area contributed by atoms with Gasteiger partial charge in [-0.3, -0.25) is 4.79 Å². The molecule has 6 heteroatoms. The SMILES string of the molecule is O=C(CCl)N1N=C2/C(=C/c3ccco3)CCC[C@H]2[C@@H]1c1ccco1. The van der Waals surface area contributed by atoms with Crippen LogP contribution in [0.5, 0.6) is 0 Å². The van der Waals surface area contributed by atoms with Crippen LogP contribution in [0.25, 0.3) is 6.08 Å². The van der Waals surface area contributed by atoms with Gasteiger partial charge in [0.25, 0.3) is 5.91 Å². The molecule has 5 nitrogen and oxygen atoms in total. The van der Waals surface area contributed by atoms with Gasteiger partial charge in [-0.2, -0.15) is 5.10 Å². The largest absolute Gasteiger partial charge is 0.467 e. The van der Waals surface area contributed by atoms with Crippen LogP contribution >= 0.6 is 11.6 Å². The highest BCUT2D eigenvalue weighted by Gasteiger charge is 2.44. The number of carbonyl (C=O) groups excluding carboxylic acids is 1. The third-order valence-corrected chi connectivity index (χ3v) is 4.79. The molecular formula is C18H17ClN2O3. The zero-order chi connectivity index (χ0) is 16.5. The van der Waals surface area contributed by atoms with Crippen molar-refractivity contribution in [3.05, 3.63) is 53.9 Å². The van der Waals surface area contributed by atoms with Gasteiger partial charge < -0.3 is 8.83 Å². The zero-order valence-electron chi connectivity index (χ0n) is 13.0. The summed E-state index contributed by atoms with van der Waals surface area (Å²) in [7, 11) is 0. The highest BCUT2D eigenvalue weighted by atomic mass is 35.5. The van der Waals surface area contributed by atoms with E-state index in [1.807, 2.05) is 30.3 Å². The lowest BCUT2D eigenvalue weighted by Gasteiger charge is -2.27. The Labute approximate surface area is 144 Å². The quantitative estimate of drug-likeness (QED) is 0.783. The molecular weight excluding hydrogens is 328 g/mol. The first-order valence-electron chi connectivity index (χ1n) is 8.02. The number of amides is 1. The summed E-state index contributed by atoms with van der Waals surface area (Å²) in [5.74, 6) is 1.36. The number of alkyl halides is 1. The van der Waals surface area contributed by atoms with Gasteiger partial charge in [-0.15, -0.1) is 11.6 Å². The lowest BCUT2D eigenvalue weighted by atomic mass is 9.79. The van der Waals surface area contributed by atoms with Crippen molar-refractivity contribution in [2.45, 2.75) is 25.3 Å². The van der Waals surface area contributed by atoms with Gasteiger partial charge in [0.05, 0.1) is 18.2 Å². The molecule has 2 atom stereocenters. The van der Waals surface area contributed by atoms with Crippen molar-refractivity contribution in [1.82, 2.24) is 5.01 Å². The van der Waals surface area contributed by atoms with Crippen LogP contribution in [0.15, 0.2) is 56.3 Å². The summed E-state index contributed by atoms with van der Waals surface area (Å²) in [5.41, 5.74) is 2.06. The van der Waals surface area contributed by atoms with Crippen molar-refractivity contribution >= 4 is 29.3 Å². The van der Waals surface area contributed by atoms with Crippen LogP contribution in [0.1, 0.15) is 36.8 Å². The highest BCUT2D eigenvalue weighted by Crippen LogP contribution is 2.44. The minimum absolute atomic E-state index is 0.0993. The van der Waals surface area contributed by atoms with Crippen LogP contribution in [0.2, 0.25) is 0 Å². The molecule has 0 saturated heterocycles. The highest BCUT2D eigenvalue weighted by molar-refractivity contribution is 6.27. The number of fused-ring (bicyclic) bond motifs is 1. The number of furan rings is 2. The molecule has 4 rings (SSSR count). The molecule has 2 aromatic rings. The number of allylic oxidation sites excluding steroid dienone is 1. The summed E-state index contributed by atoms with van der Waals surface area (Å²) in [6.45, 7) is 0. The maximum absolute atomic E-state index is 12.3. The van der Waals surface area contributed by atoms with Crippen LogP contribution in [-0.4, -0.2) is 22.5 Å². The second-order valence-electron chi connectivity index (χ2n) is 6.00. The molecule has 3 heterocycles. The normalized spacial score (nSPS) is 25.0. The molecule has 2 aromatic heterocycles. The van der Waals surface area contributed by atoms with Gasteiger partial charge in [-0.05, 0) is 55.2 Å². The van der Waals surface area contributed by atoms with E-state index >= 15 is 0 Å². The zero-order valence-corrected chi connectivity index (χ0v) is 13.8. The smallest absolute Gasteiger partial charge is 0.258 e. The van der Waals surface area contributed by atoms with E-state index in [9.17, 15) is 4.79 Å². The Morgan fingerprint density at radius 1 is 1.33 bits per heavy atom. The fraction of sp³-hybridized carbons (Fsp3) is 0.333. The van der Waals surface area contributed by atoms with Gasteiger partial charge in [0.1, 0.15) is 23.4 Å². The first kappa shape index (κ1) is 15.3. The van der Waals surface area contributed by atoms with Gasteiger partial charge in [0.15, 0.2) is 0 Å². The van der Waals surface area contributed by atoms with Crippen LogP contribution in [0, 0.1) is 5.92 Å². The maximum Gasteiger partial charge on any atom is 0.258 e. The molecule has 0 aromatic carbocycles. The van der Waals surface area contributed by atoms with Crippen LogP contribution in [0.3, 0.4) is 0 Å². The third-order valence-electron chi connectivity index (χ3n) is 4.57. The number of halogens is 1. The topological polar surface area (TPSA) is 59.0 Å². The van der Waals surface area contributed by atoms with Crippen LogP contribution < -0.4 is 0 Å². The molecule has 1 aliphatic heterocycles. The van der Waals surface area contributed by atoms with E-state index in [0.29, 0.717) is 0 Å². The predicted octanol–water partition coefficient (Wildman–Crippen LogP) is 4.23. The monoisotopic (exact) mass is 344 g/mol. The molecule has 1 amide bonds. The lowest BCUT2D eigenvalue weighted by Crippen LogP contribution is -2.32. The number of hydrazone groups is 1. The summed E-state index contributed by atoms with van der Waals surface area (Å²) < 4.78 is 11.0. The Hall–Kier alpha value is -2.27. The van der Waals surface area contributed by atoms with Crippen molar-refractivity contribution in [3.63, 3.8) is 0 Å². The van der Waals surface area contributed by atoms with E-state index in [2.05, 4.69) is 5.10 Å². The van der Waals surface area contributed by atoms with Crippen LogP contribution in [-0.2, 0) is 4.79 Å². The summed E-state index contributed by atoms with van der Waals surface area (Å²) in [6, 6.07) is 7.28. The minimum Gasteiger partial charge on any atom is -0.467 e. The van der Waals surface area contributed by atoms with E-state index in [1.165, 1.54) is 5.01 Å².